The number of phenolic OH excluding ortho intramolecular Hbond substituents is 6. The molecule has 0 atom stereocenters. The number of benzene rings is 8. The Kier molecular flexibility index (Phi) is 23.5. The van der Waals surface area contributed by atoms with E-state index in [4.69, 9.17) is 0 Å². The largest absolute Gasteiger partial charge is 1.00 e. The zero-order valence-corrected chi connectivity index (χ0v) is 57.3. The second-order valence-electron chi connectivity index (χ2n) is 16.3. The minimum atomic E-state index is -5.57. The van der Waals surface area contributed by atoms with Crippen LogP contribution in [0.15, 0.2) is 145 Å². The van der Waals surface area contributed by atoms with Gasteiger partial charge in [0, 0.05) is 12.1 Å². The van der Waals surface area contributed by atoms with Crippen molar-refractivity contribution in [2.75, 3.05) is 0 Å². The normalized spacial score (nSPS) is 12.7. The van der Waals surface area contributed by atoms with Gasteiger partial charge in [-0.1, -0.05) is 0 Å². The van der Waals surface area contributed by atoms with Crippen molar-refractivity contribution in [2.24, 2.45) is 20.5 Å². The van der Waals surface area contributed by atoms with Crippen molar-refractivity contribution in [2.45, 2.75) is 39.2 Å². The first-order valence-corrected chi connectivity index (χ1v) is 31.8. The van der Waals surface area contributed by atoms with Crippen molar-refractivity contribution in [3.8, 4) is 34.5 Å². The summed E-state index contributed by atoms with van der Waals surface area (Å²) in [6.07, 6.45) is 0. The van der Waals surface area contributed by atoms with Crippen LogP contribution in [0.4, 0.5) is 22.7 Å². The van der Waals surface area contributed by atoms with Crippen molar-refractivity contribution < 1.29 is 253 Å². The molecular weight excluding hydrogens is 1360 g/mol. The summed E-state index contributed by atoms with van der Waals surface area (Å²) < 4.78 is 271. The molecule has 0 saturated carbocycles. The maximum Gasteiger partial charge on any atom is 1.00 e. The van der Waals surface area contributed by atoms with Gasteiger partial charge >= 0.3 is 118 Å². The Morgan fingerprint density at radius 1 is 0.279 bits per heavy atom. The van der Waals surface area contributed by atoms with Gasteiger partial charge in [0.15, 0.2) is 11.5 Å². The van der Waals surface area contributed by atoms with E-state index in [2.05, 4.69) is 20.5 Å². The zero-order valence-electron chi connectivity index (χ0n) is 42.8. The molecule has 0 aromatic heterocycles. The van der Waals surface area contributed by atoms with E-state index in [0.717, 1.165) is 0 Å². The standard InChI is InChI=1S/2C20H14N2O15S4.4Na/c2*23-14-6-11(39(29,30)31)2-8-1-10(38(26,27)28)5-13(17(8)14)21-22-19-16(41(35,36)37)4-9-3-12(40(32,33)34)7-15(24)18(9)20(19)25;;;;/h2*1-7,23-25H,(H,26,27,28)(H,29,30,31)(H,32,33,34)(H,35,36,37);;;;/q;;4*+1/p-4/b2*22-21+;;;;. The molecule has 0 aliphatic carbocycles. The number of fused-ring (bicyclic) bond motifs is 4. The molecule has 0 aliphatic rings. The predicted molar refractivity (Wildman–Crippen MR) is 265 cm³/mol. The van der Waals surface area contributed by atoms with Gasteiger partial charge in [-0.15, -0.1) is 20.5 Å². The van der Waals surface area contributed by atoms with Crippen molar-refractivity contribution >= 4 is 147 Å². The molecule has 0 fully saturated rings. The van der Waals surface area contributed by atoms with Crippen molar-refractivity contribution in [3.05, 3.63) is 84.9 Å². The Labute approximate surface area is 571 Å². The van der Waals surface area contributed by atoms with E-state index in [1.54, 1.807) is 0 Å². The van der Waals surface area contributed by atoms with E-state index in [9.17, 15) is 134 Å². The monoisotopic (exact) mass is 1390 g/mol. The maximum atomic E-state index is 12.0. The first-order chi connectivity index (χ1) is 37.2. The molecule has 0 saturated heterocycles. The Hall–Kier alpha value is -3.92. The van der Waals surface area contributed by atoms with Crippen LogP contribution >= 0.6 is 0 Å². The zero-order chi connectivity index (χ0) is 61.7. The molecule has 436 valence electrons. The number of aromatic hydroxyl groups is 6. The Balaban J connectivity index is 0.000000430. The van der Waals surface area contributed by atoms with Crippen LogP contribution in [-0.4, -0.2) is 134 Å². The van der Waals surface area contributed by atoms with E-state index in [-0.39, 0.29) is 118 Å². The summed E-state index contributed by atoms with van der Waals surface area (Å²) in [4.78, 5) is -8.49. The topological polar surface area (TPSA) is 617 Å². The van der Waals surface area contributed by atoms with E-state index in [1.807, 2.05) is 0 Å². The van der Waals surface area contributed by atoms with E-state index in [0.29, 0.717) is 84.9 Å². The smallest absolute Gasteiger partial charge is 0.744 e. The van der Waals surface area contributed by atoms with E-state index < -0.39 is 220 Å². The van der Waals surface area contributed by atoms with Crippen LogP contribution in [0.1, 0.15) is 0 Å². The molecule has 0 aliphatic heterocycles. The molecule has 0 bridgehead atoms. The van der Waals surface area contributed by atoms with Crippen LogP contribution in [0.25, 0.3) is 43.1 Å². The summed E-state index contributed by atoms with van der Waals surface area (Å²) in [5, 5.41) is 72.2. The van der Waals surface area contributed by atoms with Crippen molar-refractivity contribution in [1.82, 2.24) is 0 Å². The van der Waals surface area contributed by atoms with Gasteiger partial charge in [-0.05, 0) is 94.3 Å². The third-order valence-electron chi connectivity index (χ3n) is 10.9. The first-order valence-electron chi connectivity index (χ1n) is 20.4. The molecule has 46 heteroatoms. The number of phenols is 6. The van der Waals surface area contributed by atoms with Gasteiger partial charge in [-0.25, -0.2) is 33.7 Å². The van der Waals surface area contributed by atoms with Crippen LogP contribution in [-0.2, 0) is 80.9 Å². The quantitative estimate of drug-likeness (QED) is 0.0308. The second-order valence-corrected chi connectivity index (χ2v) is 27.4. The van der Waals surface area contributed by atoms with Gasteiger partial charge in [0.25, 0.3) is 40.5 Å². The van der Waals surface area contributed by atoms with Crippen molar-refractivity contribution in [3.63, 3.8) is 0 Å². The van der Waals surface area contributed by atoms with E-state index in [1.165, 1.54) is 0 Å². The molecule has 0 radical (unpaired) electrons. The van der Waals surface area contributed by atoms with Crippen LogP contribution in [0.3, 0.4) is 0 Å². The number of hydrogen-bond donors (Lipinski definition) is 10. The molecule has 0 unspecified atom stereocenters. The summed E-state index contributed by atoms with van der Waals surface area (Å²) >= 11 is 0. The number of azo groups is 2. The Bertz CT molecular complexity index is 4900. The van der Waals surface area contributed by atoms with Crippen molar-refractivity contribution in [1.29, 1.82) is 0 Å². The third-order valence-corrected chi connectivity index (χ3v) is 17.6. The number of rotatable bonds is 12. The summed E-state index contributed by atoms with van der Waals surface area (Å²) in [6, 6.07) is 7.83. The third kappa shape index (κ3) is 16.5. The van der Waals surface area contributed by atoms with Gasteiger partial charge in [0.1, 0.15) is 74.8 Å². The molecule has 0 amide bonds. The Morgan fingerprint density at radius 3 is 0.744 bits per heavy atom. The summed E-state index contributed by atoms with van der Waals surface area (Å²) in [6.45, 7) is 0. The summed E-state index contributed by atoms with van der Waals surface area (Å²) in [5.74, 6) is -6.52. The fourth-order valence-corrected chi connectivity index (χ4v) is 12.0. The number of nitrogens with zero attached hydrogens (tertiary/aromatic N) is 4. The minimum absolute atomic E-state index is 0. The molecule has 0 heterocycles. The van der Waals surface area contributed by atoms with Gasteiger partial charge in [-0.2, -0.15) is 33.7 Å². The fraction of sp³-hybridized carbons (Fsp3) is 0. The average molecular weight is 1390 g/mol. The molecule has 34 nitrogen and oxygen atoms in total. The summed E-state index contributed by atoms with van der Waals surface area (Å²) in [7, 11) is -41.5. The van der Waals surface area contributed by atoms with Crippen LogP contribution in [0.2, 0.25) is 0 Å². The fourth-order valence-electron chi connectivity index (χ4n) is 7.53. The van der Waals surface area contributed by atoms with E-state index >= 15 is 0 Å². The summed E-state index contributed by atoms with van der Waals surface area (Å²) in [5.41, 5.74) is -3.75. The Morgan fingerprint density at radius 2 is 0.500 bits per heavy atom. The SMILES string of the molecule is O=S(=O)([O-])c1cc(O)c2c(O)c(/N=N/c3cc(S(=O)(=O)O)cc4cc(S(=O)(=O)O)cc(O)c34)c(S(=O)(=O)[O-])cc2c1.O=S(=O)([O-])c1cc(O)c2c(O)c(/N=N/c3cc(S(=O)(=O)O)cc4cc(S(=O)(=O)O)cc(O)c34)c(S(=O)(=O)[O-])cc2c1.[Na+].[Na+].[Na+].[Na+]. The number of hydrogen-bond acceptors (Lipinski definition) is 30. The average Bonchev–Trinajstić information content (AvgIpc) is 1.31. The van der Waals surface area contributed by atoms with Crippen LogP contribution < -0.4 is 118 Å². The second kappa shape index (κ2) is 26.5. The first kappa shape index (κ1) is 76.3. The predicted octanol–water partition coefficient (Wildman–Crippen LogP) is -8.33. The van der Waals surface area contributed by atoms with Gasteiger partial charge in [0.05, 0.1) is 72.1 Å². The minimum Gasteiger partial charge on any atom is -0.744 e. The molecule has 8 aromatic carbocycles. The maximum absolute atomic E-state index is 12.0. The molecular formula is C40H24N4Na4O30S8. The molecule has 8 rings (SSSR count). The van der Waals surface area contributed by atoms with Crippen LogP contribution in [0.5, 0.6) is 34.5 Å². The molecule has 10 N–H and O–H groups in total. The molecule has 86 heavy (non-hydrogen) atoms. The van der Waals surface area contributed by atoms with Gasteiger partial charge in [0.2, 0.25) is 0 Å². The van der Waals surface area contributed by atoms with Crippen LogP contribution in [0, 0.1) is 0 Å². The molecule has 0 spiro atoms. The van der Waals surface area contributed by atoms with Gasteiger partial charge in [-0.3, -0.25) is 18.2 Å². The van der Waals surface area contributed by atoms with Gasteiger partial charge < -0.3 is 48.9 Å². The molecule has 8 aromatic rings.